The topological polar surface area (TPSA) is 98.8 Å². The molecule has 1 heterocycles. The lowest BCUT2D eigenvalue weighted by molar-refractivity contribution is -0.156. The number of carbonyl (C=O) groups excluding carboxylic acids is 2. The average Bonchev–Trinajstić information content (AvgIpc) is 2.92. The van der Waals surface area contributed by atoms with Crippen LogP contribution < -0.4 is 10.1 Å². The van der Waals surface area contributed by atoms with E-state index in [1.807, 2.05) is 25.1 Å². The van der Waals surface area contributed by atoms with Gasteiger partial charge in [0.2, 0.25) is 0 Å². The number of hydrogen-bond acceptors (Lipinski definition) is 6. The molecule has 7 nitrogen and oxygen atoms in total. The first kappa shape index (κ1) is 21.2. The van der Waals surface area contributed by atoms with Crippen molar-refractivity contribution in [2.24, 2.45) is 0 Å². The zero-order chi connectivity index (χ0) is 20.2. The highest BCUT2D eigenvalue weighted by Gasteiger charge is 2.30. The van der Waals surface area contributed by atoms with Crippen LogP contribution >= 0.6 is 0 Å². The second-order valence-electron chi connectivity index (χ2n) is 7.21. The third kappa shape index (κ3) is 6.23. The molecule has 1 N–H and O–H groups in total. The summed E-state index contributed by atoms with van der Waals surface area (Å²) in [5.41, 5.74) is 2.00. The maximum absolute atomic E-state index is 12.1. The van der Waals surface area contributed by atoms with Gasteiger partial charge in [0, 0.05) is 6.04 Å². The van der Waals surface area contributed by atoms with Crippen molar-refractivity contribution in [3.63, 3.8) is 0 Å². The molecule has 1 amide bonds. The van der Waals surface area contributed by atoms with Gasteiger partial charge in [-0.05, 0) is 43.4 Å². The molecule has 150 valence electrons. The van der Waals surface area contributed by atoms with Crippen LogP contribution in [0.2, 0.25) is 0 Å². The monoisotopic (exact) mass is 397 g/mol. The third-order valence-electron chi connectivity index (χ3n) is 4.48. The predicted octanol–water partition coefficient (Wildman–Crippen LogP) is 1.73. The van der Waals surface area contributed by atoms with E-state index in [1.165, 1.54) is 6.92 Å². The molecule has 0 unspecified atom stereocenters. The summed E-state index contributed by atoms with van der Waals surface area (Å²) in [6.45, 7) is 7.16. The van der Waals surface area contributed by atoms with E-state index in [1.54, 1.807) is 0 Å². The number of carbonyl (C=O) groups is 2. The minimum absolute atomic E-state index is 0.0642. The summed E-state index contributed by atoms with van der Waals surface area (Å²) >= 11 is 0. The molecule has 1 aromatic rings. The van der Waals surface area contributed by atoms with Crippen molar-refractivity contribution in [3.05, 3.63) is 29.3 Å². The second-order valence-corrected chi connectivity index (χ2v) is 9.44. The lowest BCUT2D eigenvalue weighted by Gasteiger charge is -2.17. The Morgan fingerprint density at radius 3 is 2.56 bits per heavy atom. The molecule has 27 heavy (non-hydrogen) atoms. The summed E-state index contributed by atoms with van der Waals surface area (Å²) in [5, 5.41) is 2.61. The number of aryl methyl sites for hydroxylation is 1. The summed E-state index contributed by atoms with van der Waals surface area (Å²) < 4.78 is 33.5. The average molecular weight is 397 g/mol. The van der Waals surface area contributed by atoms with Crippen LogP contribution in [0.25, 0.3) is 0 Å². The highest BCUT2D eigenvalue weighted by atomic mass is 32.2. The van der Waals surface area contributed by atoms with Gasteiger partial charge in [-0.25, -0.2) is 13.2 Å². The smallest absolute Gasteiger partial charge is 0.344 e. The molecule has 0 radical (unpaired) electrons. The molecule has 0 saturated carbocycles. The van der Waals surface area contributed by atoms with Gasteiger partial charge in [-0.1, -0.05) is 26.0 Å². The van der Waals surface area contributed by atoms with Gasteiger partial charge in [-0.3, -0.25) is 4.79 Å². The van der Waals surface area contributed by atoms with E-state index >= 15 is 0 Å². The summed E-state index contributed by atoms with van der Waals surface area (Å²) in [6.07, 6.45) is -0.643. The lowest BCUT2D eigenvalue weighted by Crippen LogP contribution is -2.43. The van der Waals surface area contributed by atoms with E-state index in [9.17, 15) is 18.0 Å². The summed E-state index contributed by atoms with van der Waals surface area (Å²) in [4.78, 5) is 24.0. The number of nitrogens with one attached hydrogen (secondary N) is 1. The van der Waals surface area contributed by atoms with Gasteiger partial charge in [0.1, 0.15) is 5.75 Å². The van der Waals surface area contributed by atoms with Crippen molar-refractivity contribution < 1.29 is 27.5 Å². The molecular formula is C19H27NO6S. The van der Waals surface area contributed by atoms with Crippen molar-refractivity contribution in [1.29, 1.82) is 0 Å². The van der Waals surface area contributed by atoms with Gasteiger partial charge in [0.15, 0.2) is 22.5 Å². The zero-order valence-electron chi connectivity index (χ0n) is 16.2. The Morgan fingerprint density at radius 1 is 1.26 bits per heavy atom. The minimum atomic E-state index is -3.09. The van der Waals surface area contributed by atoms with E-state index < -0.39 is 33.9 Å². The van der Waals surface area contributed by atoms with Gasteiger partial charge in [-0.2, -0.15) is 0 Å². The summed E-state index contributed by atoms with van der Waals surface area (Å²) in [5.74, 6) is -0.244. The zero-order valence-corrected chi connectivity index (χ0v) is 17.0. The van der Waals surface area contributed by atoms with Crippen LogP contribution in [0.5, 0.6) is 5.75 Å². The maximum Gasteiger partial charge on any atom is 0.344 e. The van der Waals surface area contributed by atoms with Crippen molar-refractivity contribution in [3.8, 4) is 5.75 Å². The second kappa shape index (κ2) is 8.73. The highest BCUT2D eigenvalue weighted by molar-refractivity contribution is 7.91. The fourth-order valence-electron chi connectivity index (χ4n) is 2.78. The number of benzene rings is 1. The predicted molar refractivity (Wildman–Crippen MR) is 102 cm³/mol. The van der Waals surface area contributed by atoms with Crippen LogP contribution in [0.4, 0.5) is 0 Å². The molecular weight excluding hydrogens is 370 g/mol. The Balaban J connectivity index is 1.83. The van der Waals surface area contributed by atoms with Crippen LogP contribution in [0.1, 0.15) is 44.2 Å². The number of sulfone groups is 1. The molecule has 2 rings (SSSR count). The quantitative estimate of drug-likeness (QED) is 0.704. The molecule has 1 aromatic carbocycles. The number of ether oxygens (including phenoxy) is 2. The molecule has 1 aliphatic rings. The fourth-order valence-corrected chi connectivity index (χ4v) is 4.45. The first-order valence-electron chi connectivity index (χ1n) is 9.01. The molecule has 0 aromatic heterocycles. The minimum Gasteiger partial charge on any atom is -0.482 e. The molecule has 0 bridgehead atoms. The first-order chi connectivity index (χ1) is 12.6. The van der Waals surface area contributed by atoms with Gasteiger partial charge in [0.05, 0.1) is 11.5 Å². The van der Waals surface area contributed by atoms with Crippen molar-refractivity contribution in [1.82, 2.24) is 5.32 Å². The Bertz CT molecular complexity index is 802. The standard InChI is InChI=1S/C19H27NO6S/c1-12(2)15-6-5-13(3)17(9-15)25-10-18(21)26-14(4)19(22)20-16-7-8-27(23,24)11-16/h5-6,9,12,14,16H,7-8,10-11H2,1-4H3,(H,20,22)/t14-,16-/m0/s1. The van der Waals surface area contributed by atoms with Crippen molar-refractivity contribution >= 4 is 21.7 Å². The van der Waals surface area contributed by atoms with E-state index in [2.05, 4.69) is 19.2 Å². The Morgan fingerprint density at radius 2 is 1.96 bits per heavy atom. The maximum atomic E-state index is 12.1. The highest BCUT2D eigenvalue weighted by Crippen LogP contribution is 2.24. The van der Waals surface area contributed by atoms with Crippen LogP contribution in [0.15, 0.2) is 18.2 Å². The van der Waals surface area contributed by atoms with Gasteiger partial charge < -0.3 is 14.8 Å². The summed E-state index contributed by atoms with van der Waals surface area (Å²) in [7, 11) is -3.09. The molecule has 2 atom stereocenters. The van der Waals surface area contributed by atoms with E-state index in [4.69, 9.17) is 9.47 Å². The number of hydrogen-bond donors (Lipinski definition) is 1. The lowest BCUT2D eigenvalue weighted by atomic mass is 10.0. The third-order valence-corrected chi connectivity index (χ3v) is 6.25. The Labute approximate surface area is 160 Å². The van der Waals surface area contributed by atoms with Crippen molar-refractivity contribution in [2.45, 2.75) is 52.2 Å². The van der Waals surface area contributed by atoms with Gasteiger partial charge >= 0.3 is 5.97 Å². The van der Waals surface area contributed by atoms with E-state index in [-0.39, 0.29) is 18.1 Å². The number of esters is 1. The largest absolute Gasteiger partial charge is 0.482 e. The Kier molecular flexibility index (Phi) is 6.86. The molecule has 0 aliphatic carbocycles. The van der Waals surface area contributed by atoms with Crippen LogP contribution in [-0.2, 0) is 24.2 Å². The van der Waals surface area contributed by atoms with Crippen LogP contribution in [-0.4, -0.2) is 50.6 Å². The Hall–Kier alpha value is -2.09. The summed E-state index contributed by atoms with van der Waals surface area (Å²) in [6, 6.07) is 5.41. The molecule has 1 saturated heterocycles. The number of amides is 1. The molecule has 1 aliphatic heterocycles. The van der Waals surface area contributed by atoms with Gasteiger partial charge in [0.25, 0.3) is 5.91 Å². The number of rotatable bonds is 7. The van der Waals surface area contributed by atoms with Gasteiger partial charge in [-0.15, -0.1) is 0 Å². The van der Waals surface area contributed by atoms with E-state index in [0.717, 1.165) is 11.1 Å². The fraction of sp³-hybridized carbons (Fsp3) is 0.579. The molecule has 0 spiro atoms. The normalized spacial score (nSPS) is 19.5. The van der Waals surface area contributed by atoms with E-state index in [0.29, 0.717) is 18.1 Å². The molecule has 8 heteroatoms. The molecule has 1 fully saturated rings. The first-order valence-corrected chi connectivity index (χ1v) is 10.8. The SMILES string of the molecule is Cc1ccc(C(C)C)cc1OCC(=O)O[C@@H](C)C(=O)N[C@H]1CCS(=O)(=O)C1. The van der Waals surface area contributed by atoms with Crippen LogP contribution in [0.3, 0.4) is 0 Å². The van der Waals surface area contributed by atoms with Crippen LogP contribution in [0, 0.1) is 6.92 Å². The van der Waals surface area contributed by atoms with Crippen molar-refractivity contribution in [2.75, 3.05) is 18.1 Å².